The summed E-state index contributed by atoms with van der Waals surface area (Å²) in [6, 6.07) is 15.0. The van der Waals surface area contributed by atoms with Crippen molar-refractivity contribution in [1.82, 2.24) is 9.55 Å². The van der Waals surface area contributed by atoms with E-state index >= 15 is 0 Å². The van der Waals surface area contributed by atoms with Crippen LogP contribution in [0.1, 0.15) is 25.8 Å². The van der Waals surface area contributed by atoms with Gasteiger partial charge in [-0.3, -0.25) is 14.2 Å². The Kier molecular flexibility index (Phi) is 7.65. The number of rotatable bonds is 9. The number of hydrogen-bond acceptors (Lipinski definition) is 5. The summed E-state index contributed by atoms with van der Waals surface area (Å²) in [5.74, 6) is -0.132. The van der Waals surface area contributed by atoms with Crippen molar-refractivity contribution < 1.29 is 9.53 Å². The number of para-hydroxylation sites is 1. The molecule has 6 nitrogen and oxygen atoms in total. The van der Waals surface area contributed by atoms with E-state index in [1.54, 1.807) is 10.6 Å². The minimum Gasteiger partial charge on any atom is -0.382 e. The summed E-state index contributed by atoms with van der Waals surface area (Å²) in [5.41, 5.74) is 2.42. The zero-order chi connectivity index (χ0) is 21.5. The number of thioether (sulfide) groups is 1. The van der Waals surface area contributed by atoms with Crippen LogP contribution in [0.25, 0.3) is 10.9 Å². The van der Waals surface area contributed by atoms with Gasteiger partial charge in [0.25, 0.3) is 5.56 Å². The van der Waals surface area contributed by atoms with Gasteiger partial charge in [-0.2, -0.15) is 0 Å². The molecule has 0 aliphatic rings. The normalized spacial score (nSPS) is 12.1. The average Bonchev–Trinajstić information content (AvgIpc) is 2.74. The molecule has 1 amide bonds. The number of nitrogens with one attached hydrogen (secondary N) is 1. The number of aryl methyl sites for hydroxylation is 1. The van der Waals surface area contributed by atoms with E-state index in [-0.39, 0.29) is 11.5 Å². The lowest BCUT2D eigenvalue weighted by Crippen LogP contribution is -2.27. The van der Waals surface area contributed by atoms with Gasteiger partial charge < -0.3 is 10.1 Å². The highest BCUT2D eigenvalue weighted by molar-refractivity contribution is 8.00. The molecule has 158 valence electrons. The third-order valence-electron chi connectivity index (χ3n) is 4.67. The molecule has 0 radical (unpaired) electrons. The number of nitrogens with zero attached hydrogens (tertiary/aromatic N) is 2. The molecule has 30 heavy (non-hydrogen) atoms. The third kappa shape index (κ3) is 5.49. The molecule has 0 fully saturated rings. The Labute approximate surface area is 180 Å². The van der Waals surface area contributed by atoms with Crippen molar-refractivity contribution in [3.05, 3.63) is 64.4 Å². The minimum atomic E-state index is -0.419. The van der Waals surface area contributed by atoms with Crippen LogP contribution in [0.3, 0.4) is 0 Å². The summed E-state index contributed by atoms with van der Waals surface area (Å²) in [4.78, 5) is 30.4. The van der Waals surface area contributed by atoms with Crippen LogP contribution in [0.2, 0.25) is 0 Å². The molecule has 1 heterocycles. The topological polar surface area (TPSA) is 73.2 Å². The van der Waals surface area contributed by atoms with Crippen LogP contribution in [-0.2, 0) is 16.1 Å². The molecule has 7 heteroatoms. The summed E-state index contributed by atoms with van der Waals surface area (Å²) in [7, 11) is 0. The lowest BCUT2D eigenvalue weighted by atomic mass is 10.2. The predicted octanol–water partition coefficient (Wildman–Crippen LogP) is 4.25. The summed E-state index contributed by atoms with van der Waals surface area (Å²) in [5, 5.41) is 3.63. The van der Waals surface area contributed by atoms with Gasteiger partial charge in [0.1, 0.15) is 0 Å². The van der Waals surface area contributed by atoms with Gasteiger partial charge in [-0.15, -0.1) is 0 Å². The number of carbonyl (C=O) groups excluding carboxylic acids is 1. The highest BCUT2D eigenvalue weighted by Gasteiger charge is 2.19. The van der Waals surface area contributed by atoms with E-state index in [9.17, 15) is 9.59 Å². The van der Waals surface area contributed by atoms with Gasteiger partial charge in [0, 0.05) is 25.4 Å². The third-order valence-corrected chi connectivity index (χ3v) is 5.76. The fourth-order valence-corrected chi connectivity index (χ4v) is 3.93. The maximum Gasteiger partial charge on any atom is 0.262 e. The molecule has 3 aromatic rings. The smallest absolute Gasteiger partial charge is 0.262 e. The molecule has 0 bridgehead atoms. The second kappa shape index (κ2) is 10.4. The lowest BCUT2D eigenvalue weighted by molar-refractivity contribution is -0.115. The van der Waals surface area contributed by atoms with E-state index in [0.29, 0.717) is 42.2 Å². The van der Waals surface area contributed by atoms with Crippen LogP contribution >= 0.6 is 11.8 Å². The van der Waals surface area contributed by atoms with Crippen molar-refractivity contribution >= 4 is 34.3 Å². The van der Waals surface area contributed by atoms with Crippen LogP contribution in [0.4, 0.5) is 5.69 Å². The number of hydrogen-bond donors (Lipinski definition) is 1. The van der Waals surface area contributed by atoms with Gasteiger partial charge in [0.05, 0.1) is 16.2 Å². The van der Waals surface area contributed by atoms with Crippen molar-refractivity contribution in [1.29, 1.82) is 0 Å². The predicted molar refractivity (Wildman–Crippen MR) is 122 cm³/mol. The maximum absolute atomic E-state index is 13.1. The van der Waals surface area contributed by atoms with Crippen LogP contribution in [0, 0.1) is 6.92 Å². The van der Waals surface area contributed by atoms with Crippen LogP contribution in [0.15, 0.2) is 58.5 Å². The summed E-state index contributed by atoms with van der Waals surface area (Å²) in [6.45, 7) is 7.47. The Morgan fingerprint density at radius 1 is 1.20 bits per heavy atom. The molecular weight excluding hydrogens is 398 g/mol. The van der Waals surface area contributed by atoms with Gasteiger partial charge in [-0.1, -0.05) is 41.6 Å². The number of fused-ring (bicyclic) bond motifs is 1. The van der Waals surface area contributed by atoms with E-state index in [2.05, 4.69) is 10.3 Å². The highest BCUT2D eigenvalue weighted by Crippen LogP contribution is 2.24. The molecule has 0 spiro atoms. The van der Waals surface area contributed by atoms with Gasteiger partial charge >= 0.3 is 0 Å². The van der Waals surface area contributed by atoms with Crippen molar-refractivity contribution in [3.63, 3.8) is 0 Å². The number of benzene rings is 2. The molecule has 1 N–H and O–H groups in total. The average molecular weight is 426 g/mol. The van der Waals surface area contributed by atoms with E-state index < -0.39 is 5.25 Å². The first-order chi connectivity index (χ1) is 14.5. The molecular formula is C23H27N3O3S. The zero-order valence-electron chi connectivity index (χ0n) is 17.6. The maximum atomic E-state index is 13.1. The molecule has 0 saturated heterocycles. The first kappa shape index (κ1) is 22.1. The van der Waals surface area contributed by atoms with Gasteiger partial charge in [0.2, 0.25) is 5.91 Å². The van der Waals surface area contributed by atoms with Crippen LogP contribution in [-0.4, -0.2) is 33.9 Å². The van der Waals surface area contributed by atoms with E-state index in [1.807, 2.05) is 63.2 Å². The first-order valence-electron chi connectivity index (χ1n) is 10.1. The molecule has 2 aromatic carbocycles. The second-order valence-corrected chi connectivity index (χ2v) is 8.34. The molecule has 0 saturated carbocycles. The largest absolute Gasteiger partial charge is 0.382 e. The summed E-state index contributed by atoms with van der Waals surface area (Å²) < 4.78 is 7.06. The lowest BCUT2D eigenvalue weighted by Gasteiger charge is -2.16. The van der Waals surface area contributed by atoms with Crippen LogP contribution < -0.4 is 10.9 Å². The Hall–Kier alpha value is -2.64. The number of aromatic nitrogens is 2. The minimum absolute atomic E-state index is 0.0919. The molecule has 1 atom stereocenters. The van der Waals surface area contributed by atoms with Crippen molar-refractivity contribution in [2.24, 2.45) is 0 Å². The quantitative estimate of drug-likeness (QED) is 0.315. The second-order valence-electron chi connectivity index (χ2n) is 7.03. The van der Waals surface area contributed by atoms with E-state index in [0.717, 1.165) is 11.3 Å². The Morgan fingerprint density at radius 2 is 1.93 bits per heavy atom. The standard InChI is InChI=1S/C23H27N3O3S/c1-4-29-15-7-14-26-22(28)19-8-5-6-9-20(19)25-23(26)30-17(3)21(27)24-18-12-10-16(2)11-13-18/h5-6,8-13,17H,4,7,14-15H2,1-3H3,(H,24,27)/t17-/m0/s1. The van der Waals surface area contributed by atoms with Crippen molar-refractivity contribution in [2.45, 2.75) is 44.1 Å². The number of carbonyl (C=O) groups is 1. The Bertz CT molecular complexity index is 1060. The number of amides is 1. The van der Waals surface area contributed by atoms with Crippen LogP contribution in [0.5, 0.6) is 0 Å². The molecule has 0 unspecified atom stereocenters. The summed E-state index contributed by atoms with van der Waals surface area (Å²) in [6.07, 6.45) is 0.700. The number of anilines is 1. The molecule has 1 aromatic heterocycles. The molecule has 3 rings (SSSR count). The zero-order valence-corrected chi connectivity index (χ0v) is 18.4. The Morgan fingerprint density at radius 3 is 2.67 bits per heavy atom. The number of ether oxygens (including phenoxy) is 1. The highest BCUT2D eigenvalue weighted by atomic mass is 32.2. The Balaban J connectivity index is 1.82. The monoisotopic (exact) mass is 425 g/mol. The van der Waals surface area contributed by atoms with Gasteiger partial charge in [0.15, 0.2) is 5.16 Å². The van der Waals surface area contributed by atoms with Gasteiger partial charge in [-0.25, -0.2) is 4.98 Å². The molecule has 0 aliphatic heterocycles. The SMILES string of the molecule is CCOCCCn1c(S[C@@H](C)C(=O)Nc2ccc(C)cc2)nc2ccccc2c1=O. The van der Waals surface area contributed by atoms with Gasteiger partial charge in [-0.05, 0) is 51.5 Å². The summed E-state index contributed by atoms with van der Waals surface area (Å²) >= 11 is 1.29. The van der Waals surface area contributed by atoms with Crippen molar-refractivity contribution in [3.8, 4) is 0 Å². The fraction of sp³-hybridized carbons (Fsp3) is 0.348. The fourth-order valence-electron chi connectivity index (χ4n) is 3.00. The molecule has 0 aliphatic carbocycles. The van der Waals surface area contributed by atoms with E-state index in [1.165, 1.54) is 11.8 Å². The van der Waals surface area contributed by atoms with E-state index in [4.69, 9.17) is 4.74 Å². The van der Waals surface area contributed by atoms with Crippen molar-refractivity contribution in [2.75, 3.05) is 18.5 Å². The first-order valence-corrected chi connectivity index (χ1v) is 11.0.